The van der Waals surface area contributed by atoms with Crippen molar-refractivity contribution in [2.75, 3.05) is 0 Å². The van der Waals surface area contributed by atoms with Crippen LogP contribution in [0.4, 0.5) is 0 Å². The monoisotopic (exact) mass is 429 g/mol. The molecular formula is Cl4K2OPt. The molecule has 0 N–H and O–H groups in total. The van der Waals surface area contributed by atoms with E-state index >= 15 is 0 Å². The molecular weight excluding hydrogens is 431 g/mol. The molecule has 0 aromatic rings. The Kier molecular flexibility index (Phi) is 14.9. The summed E-state index contributed by atoms with van der Waals surface area (Å²) in [7, 11) is 13.9. The standard InChI is InChI=1S/4ClH.2K.O.Pt/h4*1H;;;;/q;;;;2*+1;;+2/p-4. The van der Waals surface area contributed by atoms with Crippen molar-refractivity contribution >= 4 is 37.7 Å². The molecule has 0 heterocycles. The minimum absolute atomic E-state index is 0. The number of hydrogen-bond acceptors (Lipinski definition) is 1. The first-order chi connectivity index (χ1) is 2.24. The summed E-state index contributed by atoms with van der Waals surface area (Å²) >= 11 is 0. The van der Waals surface area contributed by atoms with E-state index in [0.29, 0.717) is 0 Å². The quantitative estimate of drug-likeness (QED) is 0.367. The molecule has 0 fully saturated rings. The molecule has 1 nitrogen and oxygen atoms in total. The van der Waals surface area contributed by atoms with Gasteiger partial charge in [0.15, 0.2) is 0 Å². The molecule has 0 rings (SSSR count). The Morgan fingerprint density at radius 3 is 0.875 bits per heavy atom. The summed E-state index contributed by atoms with van der Waals surface area (Å²) in [5.74, 6) is 0. The van der Waals surface area contributed by atoms with Gasteiger partial charge < -0.3 is 0 Å². The molecule has 0 aromatic heterocycles. The van der Waals surface area contributed by atoms with Crippen LogP contribution in [0, 0.1) is 0 Å². The summed E-state index contributed by atoms with van der Waals surface area (Å²) in [5.41, 5.74) is 0. The molecule has 0 saturated heterocycles. The maximum atomic E-state index is 9.93. The Bertz CT molecular complexity index is 91.7. The van der Waals surface area contributed by atoms with Crippen molar-refractivity contribution in [1.82, 2.24) is 0 Å². The van der Waals surface area contributed by atoms with E-state index in [0.717, 1.165) is 0 Å². The first-order valence-electron chi connectivity index (χ1n) is 0.607. The van der Waals surface area contributed by atoms with Gasteiger partial charge in [0.2, 0.25) is 0 Å². The zero-order valence-electron chi connectivity index (χ0n) is 4.24. The van der Waals surface area contributed by atoms with Gasteiger partial charge in [0.25, 0.3) is 0 Å². The van der Waals surface area contributed by atoms with Crippen LogP contribution in [0.5, 0.6) is 0 Å². The second kappa shape index (κ2) is 6.39. The molecule has 0 aromatic carbocycles. The van der Waals surface area contributed by atoms with E-state index in [2.05, 4.69) is 0 Å². The van der Waals surface area contributed by atoms with Crippen LogP contribution < -0.4 is 103 Å². The third-order valence-corrected chi connectivity index (χ3v) is 0. The first-order valence-corrected chi connectivity index (χ1v) is 12.8. The number of hydrogen-bond donors (Lipinski definition) is 0. The van der Waals surface area contributed by atoms with E-state index in [4.69, 9.17) is 37.7 Å². The van der Waals surface area contributed by atoms with Crippen LogP contribution in [0.3, 0.4) is 0 Å². The molecule has 8 heavy (non-hydrogen) atoms. The van der Waals surface area contributed by atoms with E-state index in [1.807, 2.05) is 0 Å². The maximum absolute atomic E-state index is 9.93. The molecule has 0 saturated carbocycles. The van der Waals surface area contributed by atoms with Crippen LogP contribution in [0.15, 0.2) is 0 Å². The van der Waals surface area contributed by atoms with E-state index in [1.165, 1.54) is 0 Å². The Morgan fingerprint density at radius 1 is 0.875 bits per heavy atom. The van der Waals surface area contributed by atoms with E-state index < -0.39 is 10.6 Å². The predicted molar refractivity (Wildman–Crippen MR) is 24.1 cm³/mol. The number of halogens is 4. The average molecular weight is 431 g/mol. The van der Waals surface area contributed by atoms with Crippen LogP contribution in [-0.2, 0) is 14.0 Å². The van der Waals surface area contributed by atoms with Gasteiger partial charge in [-0.2, -0.15) is 0 Å². The van der Waals surface area contributed by atoms with Gasteiger partial charge >= 0.3 is 154 Å². The molecule has 8 heteroatoms. The summed E-state index contributed by atoms with van der Waals surface area (Å²) in [6.45, 7) is 0. The van der Waals surface area contributed by atoms with Gasteiger partial charge in [-0.3, -0.25) is 0 Å². The third-order valence-electron chi connectivity index (χ3n) is 0. The molecule has 46 valence electrons. The van der Waals surface area contributed by atoms with Gasteiger partial charge in [0.05, 0.1) is 0 Å². The van der Waals surface area contributed by atoms with Crippen molar-refractivity contribution < 1.29 is 117 Å². The molecule has 0 aliphatic heterocycles. The Balaban J connectivity index is -0.000000125. The molecule has 0 spiro atoms. The van der Waals surface area contributed by atoms with Gasteiger partial charge in [0.1, 0.15) is 0 Å². The summed E-state index contributed by atoms with van der Waals surface area (Å²) in [6, 6.07) is 0. The Labute approximate surface area is 149 Å². The molecule has 0 aliphatic carbocycles. The van der Waals surface area contributed by atoms with Crippen LogP contribution >= 0.6 is 37.7 Å². The zero-order chi connectivity index (χ0) is 5.45. The summed E-state index contributed by atoms with van der Waals surface area (Å²) in [4.78, 5) is 0. The second-order valence-electron chi connectivity index (χ2n) is 0.466. The van der Waals surface area contributed by atoms with Crippen LogP contribution in [0.2, 0.25) is 0 Å². The summed E-state index contributed by atoms with van der Waals surface area (Å²) in [5, 5.41) is 0. The van der Waals surface area contributed by atoms with Crippen molar-refractivity contribution in [3.63, 3.8) is 0 Å². The molecule has 0 atom stereocenters. The SMILES string of the molecule is [K+].[K+].[O]=[Pt-2]([Cl])([Cl])([Cl])[Cl]. The van der Waals surface area contributed by atoms with Crippen molar-refractivity contribution in [3.05, 3.63) is 0 Å². The van der Waals surface area contributed by atoms with Crippen LogP contribution in [0.1, 0.15) is 0 Å². The van der Waals surface area contributed by atoms with Gasteiger partial charge in [-0.15, -0.1) is 0 Å². The fourth-order valence-electron chi connectivity index (χ4n) is 0. The molecule has 0 amide bonds. The van der Waals surface area contributed by atoms with E-state index in [-0.39, 0.29) is 103 Å². The van der Waals surface area contributed by atoms with Crippen molar-refractivity contribution in [2.45, 2.75) is 0 Å². The van der Waals surface area contributed by atoms with Gasteiger partial charge in [-0.25, -0.2) is 0 Å². The average Bonchev–Trinajstić information content (AvgIpc) is 0.650. The van der Waals surface area contributed by atoms with Crippen molar-refractivity contribution in [1.29, 1.82) is 0 Å². The molecule has 0 aliphatic rings. The van der Waals surface area contributed by atoms with E-state index in [1.54, 1.807) is 0 Å². The molecule has 0 bridgehead atoms. The zero-order valence-corrected chi connectivity index (χ0v) is 15.8. The van der Waals surface area contributed by atoms with Crippen molar-refractivity contribution in [3.8, 4) is 0 Å². The minimum atomic E-state index is -4.91. The van der Waals surface area contributed by atoms with Gasteiger partial charge in [-0.1, -0.05) is 0 Å². The number of rotatable bonds is 0. The fraction of sp³-hybridized carbons (Fsp3) is 0. The first kappa shape index (κ1) is 18.7. The van der Waals surface area contributed by atoms with Crippen molar-refractivity contribution in [2.24, 2.45) is 0 Å². The molecule has 0 radical (unpaired) electrons. The Morgan fingerprint density at radius 2 is 0.875 bits per heavy atom. The Hall–Kier alpha value is 4.92. The summed E-state index contributed by atoms with van der Waals surface area (Å²) in [6.07, 6.45) is 0. The summed E-state index contributed by atoms with van der Waals surface area (Å²) < 4.78 is 9.93. The van der Waals surface area contributed by atoms with Gasteiger partial charge in [-0.05, 0) is 0 Å². The van der Waals surface area contributed by atoms with Crippen LogP contribution in [0.25, 0.3) is 0 Å². The third kappa shape index (κ3) is 44.4. The second-order valence-corrected chi connectivity index (χ2v) is 24.8. The van der Waals surface area contributed by atoms with Crippen LogP contribution in [-0.4, -0.2) is 0 Å². The molecule has 0 unspecified atom stereocenters. The van der Waals surface area contributed by atoms with E-state index in [9.17, 15) is 3.40 Å². The topological polar surface area (TPSA) is 17.1 Å². The normalized spacial score (nSPS) is 14.2. The predicted octanol–water partition coefficient (Wildman–Crippen LogP) is -3.36. The van der Waals surface area contributed by atoms with Gasteiger partial charge in [0, 0.05) is 0 Å². The fourth-order valence-corrected chi connectivity index (χ4v) is 0.